The van der Waals surface area contributed by atoms with Gasteiger partial charge in [-0.25, -0.2) is 9.97 Å². The second-order valence-electron chi connectivity index (χ2n) is 5.07. The van der Waals surface area contributed by atoms with Crippen LogP contribution in [0.5, 0.6) is 0 Å². The first kappa shape index (κ1) is 14.8. The smallest absolute Gasteiger partial charge is 0.393 e. The van der Waals surface area contributed by atoms with Crippen molar-refractivity contribution in [1.29, 1.82) is 0 Å². The molecule has 0 spiro atoms. The van der Waals surface area contributed by atoms with Crippen LogP contribution in [0.15, 0.2) is 59.1 Å². The molecule has 0 fully saturated rings. The van der Waals surface area contributed by atoms with Gasteiger partial charge in [-0.05, 0) is 23.5 Å². The SMILES string of the molecule is Nc1c([S+]=O)sc2nc(-c3cccnc3)nc(-c3ccccc3)c12. The van der Waals surface area contributed by atoms with E-state index in [1.54, 1.807) is 12.4 Å². The van der Waals surface area contributed by atoms with E-state index in [1.807, 2.05) is 42.5 Å². The van der Waals surface area contributed by atoms with Crippen LogP contribution in [0, 0.1) is 0 Å². The van der Waals surface area contributed by atoms with Gasteiger partial charge >= 0.3 is 15.9 Å². The molecule has 3 heterocycles. The van der Waals surface area contributed by atoms with Crippen molar-refractivity contribution in [3.8, 4) is 22.6 Å². The highest BCUT2D eigenvalue weighted by molar-refractivity contribution is 7.69. The van der Waals surface area contributed by atoms with Gasteiger partial charge in [-0.2, -0.15) is 0 Å². The number of aromatic nitrogens is 3. The summed E-state index contributed by atoms with van der Waals surface area (Å²) in [6.45, 7) is 0. The molecule has 0 amide bonds. The minimum Gasteiger partial charge on any atom is -0.393 e. The summed E-state index contributed by atoms with van der Waals surface area (Å²) in [5.74, 6) is 0.568. The maximum absolute atomic E-state index is 11.3. The maximum Gasteiger partial charge on any atom is 0.519 e. The Bertz CT molecular complexity index is 1030. The van der Waals surface area contributed by atoms with E-state index >= 15 is 0 Å². The lowest BCUT2D eigenvalue weighted by Gasteiger charge is -2.06. The number of nitrogens with zero attached hydrogens (tertiary/aromatic N) is 3. The van der Waals surface area contributed by atoms with Crippen LogP contribution in [-0.2, 0) is 15.9 Å². The van der Waals surface area contributed by atoms with E-state index in [2.05, 4.69) is 9.97 Å². The van der Waals surface area contributed by atoms with Crippen LogP contribution in [0.1, 0.15) is 0 Å². The van der Waals surface area contributed by atoms with Crippen molar-refractivity contribution in [1.82, 2.24) is 15.0 Å². The Kier molecular flexibility index (Phi) is 3.72. The zero-order valence-corrected chi connectivity index (χ0v) is 14.0. The van der Waals surface area contributed by atoms with E-state index < -0.39 is 0 Å². The second-order valence-corrected chi connectivity index (χ2v) is 6.90. The van der Waals surface area contributed by atoms with Gasteiger partial charge in [0, 0.05) is 27.7 Å². The summed E-state index contributed by atoms with van der Waals surface area (Å²) in [6, 6.07) is 13.5. The maximum atomic E-state index is 11.3. The number of nitrogen functional groups attached to an aromatic ring is 1. The predicted molar refractivity (Wildman–Crippen MR) is 96.8 cm³/mol. The molecule has 24 heavy (non-hydrogen) atoms. The van der Waals surface area contributed by atoms with Crippen molar-refractivity contribution in [2.45, 2.75) is 4.21 Å². The van der Waals surface area contributed by atoms with Crippen LogP contribution in [0.25, 0.3) is 32.9 Å². The first-order chi connectivity index (χ1) is 11.8. The Morgan fingerprint density at radius 1 is 1.00 bits per heavy atom. The topological polar surface area (TPSA) is 81.8 Å². The minimum absolute atomic E-state index is 0.390. The number of hydrogen-bond acceptors (Lipinski definition) is 6. The average molecular weight is 351 g/mol. The Balaban J connectivity index is 2.07. The highest BCUT2D eigenvalue weighted by atomic mass is 32.2. The molecule has 0 radical (unpaired) electrons. The third kappa shape index (κ3) is 2.44. The third-order valence-corrected chi connectivity index (χ3v) is 5.32. The molecule has 2 N–H and O–H groups in total. The van der Waals surface area contributed by atoms with Crippen LogP contribution in [0.2, 0.25) is 0 Å². The second kappa shape index (κ2) is 6.03. The van der Waals surface area contributed by atoms with Gasteiger partial charge in [0.1, 0.15) is 10.5 Å². The molecule has 0 bridgehead atoms. The quantitative estimate of drug-likeness (QED) is 0.568. The summed E-state index contributed by atoms with van der Waals surface area (Å²) in [5.41, 5.74) is 9.11. The van der Waals surface area contributed by atoms with Gasteiger partial charge in [-0.15, -0.1) is 0 Å². The molecular weight excluding hydrogens is 340 g/mol. The lowest BCUT2D eigenvalue weighted by atomic mass is 10.1. The molecule has 0 aliphatic carbocycles. The number of pyridine rings is 1. The van der Waals surface area contributed by atoms with Crippen LogP contribution in [0.4, 0.5) is 5.69 Å². The molecule has 0 unspecified atom stereocenters. The van der Waals surface area contributed by atoms with E-state index in [9.17, 15) is 4.21 Å². The highest BCUT2D eigenvalue weighted by Gasteiger charge is 2.25. The van der Waals surface area contributed by atoms with Crippen molar-refractivity contribution in [3.05, 3.63) is 54.9 Å². The van der Waals surface area contributed by atoms with E-state index in [4.69, 9.17) is 10.7 Å². The molecule has 4 aromatic rings. The minimum atomic E-state index is 0.390. The van der Waals surface area contributed by atoms with E-state index in [0.29, 0.717) is 32.2 Å². The van der Waals surface area contributed by atoms with Crippen LogP contribution in [0.3, 0.4) is 0 Å². The van der Waals surface area contributed by atoms with Gasteiger partial charge in [0.05, 0.1) is 11.1 Å². The fourth-order valence-electron chi connectivity index (χ4n) is 2.49. The zero-order valence-electron chi connectivity index (χ0n) is 12.3. The Hall–Kier alpha value is -2.77. The van der Waals surface area contributed by atoms with Gasteiger partial charge < -0.3 is 5.73 Å². The molecule has 0 saturated heterocycles. The number of rotatable bonds is 3. The number of benzene rings is 1. The lowest BCUT2D eigenvalue weighted by molar-refractivity contribution is 0.606. The van der Waals surface area contributed by atoms with E-state index in [0.717, 1.165) is 22.2 Å². The van der Waals surface area contributed by atoms with Gasteiger partial charge in [-0.1, -0.05) is 30.3 Å². The summed E-state index contributed by atoms with van der Waals surface area (Å²) in [5, 5.41) is 0.734. The van der Waals surface area contributed by atoms with Crippen molar-refractivity contribution >= 4 is 38.9 Å². The van der Waals surface area contributed by atoms with Crippen molar-refractivity contribution in [3.63, 3.8) is 0 Å². The number of fused-ring (bicyclic) bond motifs is 1. The van der Waals surface area contributed by atoms with Crippen LogP contribution >= 0.6 is 11.3 Å². The summed E-state index contributed by atoms with van der Waals surface area (Å²) in [4.78, 5) is 14.1. The normalized spacial score (nSPS) is 10.8. The molecule has 0 saturated carbocycles. The molecule has 7 heteroatoms. The van der Waals surface area contributed by atoms with Gasteiger partial charge in [0.2, 0.25) is 0 Å². The molecular formula is C17H11N4OS2+. The molecule has 4 rings (SSSR count). The van der Waals surface area contributed by atoms with E-state index in [1.165, 1.54) is 11.3 Å². The number of hydrogen-bond donors (Lipinski definition) is 1. The molecule has 3 aromatic heterocycles. The van der Waals surface area contributed by atoms with Crippen LogP contribution in [-0.4, -0.2) is 15.0 Å². The summed E-state index contributed by atoms with van der Waals surface area (Å²) in [6.07, 6.45) is 3.42. The molecule has 116 valence electrons. The number of thiophene rings is 1. The zero-order chi connectivity index (χ0) is 16.5. The van der Waals surface area contributed by atoms with Crippen LogP contribution < -0.4 is 5.73 Å². The van der Waals surface area contributed by atoms with Gasteiger partial charge in [0.15, 0.2) is 5.82 Å². The largest absolute Gasteiger partial charge is 0.519 e. The third-order valence-electron chi connectivity index (χ3n) is 3.60. The molecule has 0 aliphatic rings. The molecule has 0 aliphatic heterocycles. The average Bonchev–Trinajstić information content (AvgIpc) is 2.98. The molecule has 5 nitrogen and oxygen atoms in total. The summed E-state index contributed by atoms with van der Waals surface area (Å²) < 4.78 is 11.8. The predicted octanol–water partition coefficient (Wildman–Crippen LogP) is 3.79. The first-order valence-electron chi connectivity index (χ1n) is 7.13. The Labute approximate surface area is 145 Å². The monoisotopic (exact) mass is 351 g/mol. The lowest BCUT2D eigenvalue weighted by Crippen LogP contribution is -1.95. The number of anilines is 1. The highest BCUT2D eigenvalue weighted by Crippen LogP contribution is 2.39. The Morgan fingerprint density at radius 3 is 2.50 bits per heavy atom. The standard InChI is InChI=1S/C17H11N4OS2/c18-13-12-14(10-5-2-1-3-6-10)20-15(11-7-4-8-19-9-11)21-16(12)23-17(13)24-22/h1-9H,18H2/q+1. The summed E-state index contributed by atoms with van der Waals surface area (Å²) >= 11 is 1.69. The van der Waals surface area contributed by atoms with Gasteiger partial charge in [-0.3, -0.25) is 4.98 Å². The van der Waals surface area contributed by atoms with Crippen molar-refractivity contribution in [2.75, 3.05) is 5.73 Å². The fraction of sp³-hybridized carbons (Fsp3) is 0. The van der Waals surface area contributed by atoms with Crippen molar-refractivity contribution in [2.24, 2.45) is 0 Å². The van der Waals surface area contributed by atoms with Gasteiger partial charge in [0.25, 0.3) is 0 Å². The van der Waals surface area contributed by atoms with E-state index in [-0.39, 0.29) is 0 Å². The fourth-order valence-corrected chi connectivity index (χ4v) is 3.89. The first-order valence-corrected chi connectivity index (χ1v) is 8.69. The number of nitrogens with two attached hydrogens (primary N) is 1. The summed E-state index contributed by atoms with van der Waals surface area (Å²) in [7, 11) is 0. The molecule has 1 aromatic carbocycles. The van der Waals surface area contributed by atoms with Crippen molar-refractivity contribution < 1.29 is 4.21 Å². The Morgan fingerprint density at radius 2 is 1.79 bits per heavy atom. The molecule has 0 atom stereocenters.